The van der Waals surface area contributed by atoms with Gasteiger partial charge in [-0.15, -0.1) is 11.3 Å². The Kier molecular flexibility index (Phi) is 5.85. The average molecular weight is 353 g/mol. The molecule has 23 heavy (non-hydrogen) atoms. The highest BCUT2D eigenvalue weighted by Gasteiger charge is 2.16. The van der Waals surface area contributed by atoms with Gasteiger partial charge in [-0.1, -0.05) is 24.3 Å². The molecule has 2 aromatic rings. The van der Waals surface area contributed by atoms with Crippen molar-refractivity contribution < 1.29 is 18.0 Å². The highest BCUT2D eigenvalue weighted by Crippen LogP contribution is 2.14. The van der Waals surface area contributed by atoms with Crippen LogP contribution in [-0.2, 0) is 19.6 Å². The molecule has 1 heterocycles. The lowest BCUT2D eigenvalue weighted by Gasteiger charge is -2.07. The Morgan fingerprint density at radius 3 is 2.35 bits per heavy atom. The third kappa shape index (κ3) is 5.47. The van der Waals surface area contributed by atoms with Crippen LogP contribution in [0.4, 0.5) is 5.69 Å². The topological polar surface area (TPSA) is 104 Å². The number of nitrogens with one attached hydrogen (secondary N) is 3. The Bertz CT molecular complexity index is 759. The van der Waals surface area contributed by atoms with E-state index in [1.807, 2.05) is 6.07 Å². The number of anilines is 1. The zero-order valence-electron chi connectivity index (χ0n) is 12.0. The Morgan fingerprint density at radius 1 is 0.957 bits per heavy atom. The highest BCUT2D eigenvalue weighted by molar-refractivity contribution is 7.91. The van der Waals surface area contributed by atoms with Crippen molar-refractivity contribution >= 4 is 38.9 Å². The van der Waals surface area contributed by atoms with Crippen LogP contribution in [0.3, 0.4) is 0 Å². The molecule has 0 unspecified atom stereocenters. The summed E-state index contributed by atoms with van der Waals surface area (Å²) in [5, 5.41) is 6.57. The van der Waals surface area contributed by atoms with Gasteiger partial charge in [0.2, 0.25) is 11.8 Å². The van der Waals surface area contributed by atoms with Gasteiger partial charge in [0, 0.05) is 5.69 Å². The van der Waals surface area contributed by atoms with Crippen LogP contribution in [0.1, 0.15) is 0 Å². The van der Waals surface area contributed by atoms with E-state index in [-0.39, 0.29) is 10.8 Å². The molecule has 0 fully saturated rings. The molecule has 2 amide bonds. The molecular weight excluding hydrogens is 338 g/mol. The summed E-state index contributed by atoms with van der Waals surface area (Å²) in [5.74, 6) is -0.987. The van der Waals surface area contributed by atoms with E-state index in [1.165, 1.54) is 6.07 Å². The number of sulfonamides is 1. The zero-order chi connectivity index (χ0) is 16.7. The quantitative estimate of drug-likeness (QED) is 0.684. The minimum absolute atomic E-state index is 0.132. The van der Waals surface area contributed by atoms with E-state index in [2.05, 4.69) is 15.4 Å². The molecule has 0 aliphatic carbocycles. The maximum Gasteiger partial charge on any atom is 0.250 e. The minimum Gasteiger partial charge on any atom is -0.346 e. The molecule has 0 radical (unpaired) electrons. The average Bonchev–Trinajstić information content (AvgIpc) is 3.07. The molecule has 0 saturated carbocycles. The fraction of sp³-hybridized carbons (Fsp3) is 0.143. The zero-order valence-corrected chi connectivity index (χ0v) is 13.6. The second-order valence-corrected chi connectivity index (χ2v) is 7.39. The smallest absolute Gasteiger partial charge is 0.250 e. The molecule has 0 atom stereocenters. The monoisotopic (exact) mass is 353 g/mol. The molecule has 0 saturated heterocycles. The van der Waals surface area contributed by atoms with E-state index >= 15 is 0 Å². The van der Waals surface area contributed by atoms with Gasteiger partial charge in [0.15, 0.2) is 0 Å². The van der Waals surface area contributed by atoms with Crippen molar-refractivity contribution in [2.75, 3.05) is 18.4 Å². The fourth-order valence-corrected chi connectivity index (χ4v) is 3.64. The first-order valence-electron chi connectivity index (χ1n) is 6.62. The van der Waals surface area contributed by atoms with Gasteiger partial charge in [-0.2, -0.15) is 0 Å². The highest BCUT2D eigenvalue weighted by atomic mass is 32.2. The van der Waals surface area contributed by atoms with Crippen LogP contribution in [0.2, 0.25) is 0 Å². The number of carbonyl (C=O) groups is 2. The standard InChI is InChI=1S/C14H15N3O4S2/c18-12(10-16-23(20,21)14-7-4-8-22-14)15-9-13(19)17-11-5-2-1-3-6-11/h1-8,16H,9-10H2,(H,15,18)(H,17,19). The number of hydrogen-bond acceptors (Lipinski definition) is 5. The van der Waals surface area contributed by atoms with Crippen LogP contribution in [0.25, 0.3) is 0 Å². The summed E-state index contributed by atoms with van der Waals surface area (Å²) in [6.45, 7) is -0.673. The first-order valence-corrected chi connectivity index (χ1v) is 8.98. The van der Waals surface area contributed by atoms with E-state index < -0.39 is 28.4 Å². The summed E-state index contributed by atoms with van der Waals surface area (Å²) in [6.07, 6.45) is 0. The molecule has 0 aliphatic rings. The fourth-order valence-electron chi connectivity index (χ4n) is 1.62. The predicted molar refractivity (Wildman–Crippen MR) is 87.6 cm³/mol. The molecule has 2 rings (SSSR count). The summed E-state index contributed by atoms with van der Waals surface area (Å²) in [7, 11) is -3.69. The van der Waals surface area contributed by atoms with Gasteiger partial charge < -0.3 is 10.6 Å². The first kappa shape index (κ1) is 17.1. The van der Waals surface area contributed by atoms with E-state index in [4.69, 9.17) is 0 Å². The van der Waals surface area contributed by atoms with Crippen LogP contribution in [-0.4, -0.2) is 33.3 Å². The maximum atomic E-state index is 11.8. The number of carbonyl (C=O) groups excluding carboxylic acids is 2. The van der Waals surface area contributed by atoms with E-state index in [9.17, 15) is 18.0 Å². The van der Waals surface area contributed by atoms with Gasteiger partial charge in [0.1, 0.15) is 4.21 Å². The van der Waals surface area contributed by atoms with Crippen LogP contribution in [0.5, 0.6) is 0 Å². The molecule has 1 aromatic carbocycles. The van der Waals surface area contributed by atoms with Crippen molar-refractivity contribution in [3.05, 3.63) is 47.8 Å². The second kappa shape index (κ2) is 7.86. The largest absolute Gasteiger partial charge is 0.346 e. The number of para-hydroxylation sites is 1. The number of rotatable bonds is 7. The van der Waals surface area contributed by atoms with E-state index in [1.54, 1.807) is 35.7 Å². The minimum atomic E-state index is -3.69. The van der Waals surface area contributed by atoms with Gasteiger partial charge in [-0.3, -0.25) is 9.59 Å². The van der Waals surface area contributed by atoms with Gasteiger partial charge in [-0.25, -0.2) is 13.1 Å². The van der Waals surface area contributed by atoms with Crippen molar-refractivity contribution in [3.63, 3.8) is 0 Å². The summed E-state index contributed by atoms with van der Waals surface area (Å²) >= 11 is 1.05. The molecule has 0 bridgehead atoms. The van der Waals surface area contributed by atoms with Crippen molar-refractivity contribution in [1.29, 1.82) is 0 Å². The lowest BCUT2D eigenvalue weighted by molar-refractivity contribution is -0.123. The summed E-state index contributed by atoms with van der Waals surface area (Å²) in [5.41, 5.74) is 0.616. The van der Waals surface area contributed by atoms with Crippen molar-refractivity contribution in [2.45, 2.75) is 4.21 Å². The van der Waals surface area contributed by atoms with Crippen molar-refractivity contribution in [3.8, 4) is 0 Å². The van der Waals surface area contributed by atoms with Gasteiger partial charge in [0.05, 0.1) is 13.1 Å². The molecule has 0 aliphatic heterocycles. The number of thiophene rings is 1. The van der Waals surface area contributed by atoms with Crippen LogP contribution >= 0.6 is 11.3 Å². The number of amides is 2. The van der Waals surface area contributed by atoms with Crippen LogP contribution in [0, 0.1) is 0 Å². The normalized spacial score (nSPS) is 11.0. The van der Waals surface area contributed by atoms with E-state index in [0.29, 0.717) is 5.69 Å². The van der Waals surface area contributed by atoms with E-state index in [0.717, 1.165) is 11.3 Å². The number of hydrogen-bond donors (Lipinski definition) is 3. The summed E-state index contributed by atoms with van der Waals surface area (Å²) in [4.78, 5) is 23.2. The second-order valence-electron chi connectivity index (χ2n) is 4.45. The Morgan fingerprint density at radius 2 is 1.70 bits per heavy atom. The predicted octanol–water partition coefficient (Wildman–Crippen LogP) is 0.781. The molecule has 122 valence electrons. The Labute approximate surface area is 137 Å². The Hall–Kier alpha value is -2.23. The first-order chi connectivity index (χ1) is 11.0. The lowest BCUT2D eigenvalue weighted by atomic mass is 10.3. The summed E-state index contributed by atoms with van der Waals surface area (Å²) < 4.78 is 25.9. The van der Waals surface area contributed by atoms with Crippen molar-refractivity contribution in [2.24, 2.45) is 0 Å². The Balaban J connectivity index is 1.74. The summed E-state index contributed by atoms with van der Waals surface area (Å²) in [6, 6.07) is 11.8. The third-order valence-electron chi connectivity index (χ3n) is 2.69. The molecule has 9 heteroatoms. The molecule has 7 nitrogen and oxygen atoms in total. The van der Waals surface area contributed by atoms with Gasteiger partial charge in [0.25, 0.3) is 10.0 Å². The van der Waals surface area contributed by atoms with Gasteiger partial charge in [-0.05, 0) is 23.6 Å². The number of benzene rings is 1. The molecule has 1 aromatic heterocycles. The third-order valence-corrected chi connectivity index (χ3v) is 5.49. The lowest BCUT2D eigenvalue weighted by Crippen LogP contribution is -2.40. The SMILES string of the molecule is O=C(CNS(=O)(=O)c1cccs1)NCC(=O)Nc1ccccc1. The van der Waals surface area contributed by atoms with Crippen LogP contribution < -0.4 is 15.4 Å². The molecular formula is C14H15N3O4S2. The van der Waals surface area contributed by atoms with Crippen LogP contribution in [0.15, 0.2) is 52.1 Å². The molecule has 3 N–H and O–H groups in total. The molecule has 0 spiro atoms. The van der Waals surface area contributed by atoms with Crippen molar-refractivity contribution in [1.82, 2.24) is 10.0 Å². The van der Waals surface area contributed by atoms with Gasteiger partial charge >= 0.3 is 0 Å². The maximum absolute atomic E-state index is 11.8.